The number of hydrogen-bond acceptors (Lipinski definition) is 3. The summed E-state index contributed by atoms with van der Waals surface area (Å²) in [4.78, 5) is 6.51. The molecule has 3 nitrogen and oxygen atoms in total. The van der Waals surface area contributed by atoms with Gasteiger partial charge in [0.05, 0.1) is 24.2 Å². The fraction of sp³-hybridized carbons (Fsp3) is 0.444. The summed E-state index contributed by atoms with van der Waals surface area (Å²) in [7, 11) is 0. The number of rotatable bonds is 1. The van der Waals surface area contributed by atoms with E-state index in [2.05, 4.69) is 21.3 Å². The van der Waals surface area contributed by atoms with Gasteiger partial charge >= 0.3 is 0 Å². The van der Waals surface area contributed by atoms with E-state index in [0.29, 0.717) is 0 Å². The van der Waals surface area contributed by atoms with E-state index in [-0.39, 0.29) is 0 Å². The first-order valence-corrected chi connectivity index (χ1v) is 4.40. The van der Waals surface area contributed by atoms with Gasteiger partial charge < -0.3 is 10.2 Å². The molecule has 2 heterocycles. The van der Waals surface area contributed by atoms with E-state index in [0.717, 1.165) is 12.7 Å². The highest BCUT2D eigenvalue weighted by atomic mass is 15.3. The zero-order valence-corrected chi connectivity index (χ0v) is 6.83. The maximum Gasteiger partial charge on any atom is 0.0881 e. The second-order valence-corrected chi connectivity index (χ2v) is 3.43. The molecule has 0 bridgehead atoms. The first-order valence-electron chi connectivity index (χ1n) is 4.40. The van der Waals surface area contributed by atoms with Crippen LogP contribution in [0.4, 0.5) is 11.4 Å². The van der Waals surface area contributed by atoms with Crippen molar-refractivity contribution in [2.45, 2.75) is 18.9 Å². The first-order chi connectivity index (χ1) is 5.95. The SMILES string of the molecule is c1cc2c(cn1)NCN2C1CC1. The van der Waals surface area contributed by atoms with Crippen molar-refractivity contribution in [3.63, 3.8) is 0 Å². The highest BCUT2D eigenvalue weighted by Gasteiger charge is 2.32. The summed E-state index contributed by atoms with van der Waals surface area (Å²) in [6.07, 6.45) is 6.46. The number of nitrogens with zero attached hydrogens (tertiary/aromatic N) is 2. The summed E-state index contributed by atoms with van der Waals surface area (Å²) in [5, 5.41) is 3.33. The number of nitrogens with one attached hydrogen (secondary N) is 1. The Morgan fingerprint density at radius 1 is 1.50 bits per heavy atom. The predicted molar refractivity (Wildman–Crippen MR) is 48.2 cm³/mol. The summed E-state index contributed by atoms with van der Waals surface area (Å²) < 4.78 is 0. The molecule has 0 unspecified atom stereocenters. The maximum absolute atomic E-state index is 4.08. The molecular formula is C9H11N3. The third-order valence-electron chi connectivity index (χ3n) is 2.53. The Hall–Kier alpha value is -1.25. The van der Waals surface area contributed by atoms with E-state index in [1.54, 1.807) is 0 Å². The quantitative estimate of drug-likeness (QED) is 0.675. The molecule has 1 aliphatic carbocycles. The Morgan fingerprint density at radius 3 is 3.25 bits per heavy atom. The van der Waals surface area contributed by atoms with E-state index < -0.39 is 0 Å². The van der Waals surface area contributed by atoms with Gasteiger partial charge in [0.25, 0.3) is 0 Å². The van der Waals surface area contributed by atoms with E-state index in [9.17, 15) is 0 Å². The van der Waals surface area contributed by atoms with Crippen LogP contribution in [-0.2, 0) is 0 Å². The molecule has 1 N–H and O–H groups in total. The molecule has 0 saturated heterocycles. The minimum atomic E-state index is 0.793. The third kappa shape index (κ3) is 0.793. The average Bonchev–Trinajstić information content (AvgIpc) is 2.86. The third-order valence-corrected chi connectivity index (χ3v) is 2.53. The molecule has 0 amide bonds. The molecule has 12 heavy (non-hydrogen) atoms. The summed E-state index contributed by atoms with van der Waals surface area (Å²) in [5.41, 5.74) is 2.51. The number of pyridine rings is 1. The van der Waals surface area contributed by atoms with Crippen molar-refractivity contribution in [1.82, 2.24) is 4.98 Å². The molecule has 1 fully saturated rings. The van der Waals surface area contributed by atoms with Crippen LogP contribution in [0.25, 0.3) is 0 Å². The van der Waals surface area contributed by atoms with Gasteiger partial charge in [0, 0.05) is 12.2 Å². The number of fused-ring (bicyclic) bond motifs is 1. The van der Waals surface area contributed by atoms with Gasteiger partial charge in [-0.05, 0) is 18.9 Å². The fourth-order valence-electron chi connectivity index (χ4n) is 1.74. The lowest BCUT2D eigenvalue weighted by Gasteiger charge is -2.15. The summed E-state index contributed by atoms with van der Waals surface area (Å²) in [5.74, 6) is 0. The van der Waals surface area contributed by atoms with Gasteiger partial charge in [-0.1, -0.05) is 0 Å². The molecule has 1 saturated carbocycles. The Bertz CT molecular complexity index is 306. The Kier molecular flexibility index (Phi) is 1.11. The van der Waals surface area contributed by atoms with Crippen molar-refractivity contribution in [2.75, 3.05) is 16.9 Å². The molecule has 2 aliphatic rings. The van der Waals surface area contributed by atoms with Crippen LogP contribution in [-0.4, -0.2) is 17.7 Å². The normalized spacial score (nSPS) is 20.5. The monoisotopic (exact) mass is 161 g/mol. The second-order valence-electron chi connectivity index (χ2n) is 3.43. The zero-order chi connectivity index (χ0) is 7.97. The second kappa shape index (κ2) is 2.12. The van der Waals surface area contributed by atoms with Crippen molar-refractivity contribution in [3.8, 4) is 0 Å². The van der Waals surface area contributed by atoms with Gasteiger partial charge in [0.15, 0.2) is 0 Å². The van der Waals surface area contributed by atoms with E-state index in [1.807, 2.05) is 12.4 Å². The highest BCUT2D eigenvalue weighted by molar-refractivity contribution is 5.74. The van der Waals surface area contributed by atoms with Crippen LogP contribution in [0.3, 0.4) is 0 Å². The minimum absolute atomic E-state index is 0.793. The molecule has 0 aromatic carbocycles. The van der Waals surface area contributed by atoms with Crippen LogP contribution in [0.1, 0.15) is 12.8 Å². The Labute approximate surface area is 71.4 Å². The van der Waals surface area contributed by atoms with Gasteiger partial charge in [-0.25, -0.2) is 0 Å². The van der Waals surface area contributed by atoms with E-state index in [4.69, 9.17) is 0 Å². The van der Waals surface area contributed by atoms with Gasteiger partial charge in [0.2, 0.25) is 0 Å². The number of anilines is 2. The average molecular weight is 161 g/mol. The van der Waals surface area contributed by atoms with Crippen LogP contribution in [0.2, 0.25) is 0 Å². The molecule has 1 aromatic heterocycles. The lowest BCUT2D eigenvalue weighted by molar-refractivity contribution is 0.866. The fourth-order valence-corrected chi connectivity index (χ4v) is 1.74. The van der Waals surface area contributed by atoms with E-state index in [1.165, 1.54) is 24.2 Å². The largest absolute Gasteiger partial charge is 0.365 e. The van der Waals surface area contributed by atoms with Crippen LogP contribution < -0.4 is 10.2 Å². The molecule has 3 rings (SSSR count). The van der Waals surface area contributed by atoms with Crippen LogP contribution in [0, 0.1) is 0 Å². The molecule has 62 valence electrons. The Morgan fingerprint density at radius 2 is 2.42 bits per heavy atom. The minimum Gasteiger partial charge on any atom is -0.365 e. The molecule has 0 atom stereocenters. The summed E-state index contributed by atoms with van der Waals surface area (Å²) in [6.45, 7) is 0.964. The Balaban J connectivity index is 2.01. The van der Waals surface area contributed by atoms with Crippen molar-refractivity contribution in [1.29, 1.82) is 0 Å². The summed E-state index contributed by atoms with van der Waals surface area (Å²) in [6, 6.07) is 2.88. The maximum atomic E-state index is 4.08. The smallest absolute Gasteiger partial charge is 0.0881 e. The molecule has 1 aliphatic heterocycles. The van der Waals surface area contributed by atoms with Crippen molar-refractivity contribution < 1.29 is 0 Å². The van der Waals surface area contributed by atoms with Crippen LogP contribution in [0.5, 0.6) is 0 Å². The molecule has 3 heteroatoms. The van der Waals surface area contributed by atoms with Crippen molar-refractivity contribution in [2.24, 2.45) is 0 Å². The topological polar surface area (TPSA) is 28.2 Å². The van der Waals surface area contributed by atoms with Crippen LogP contribution in [0.15, 0.2) is 18.5 Å². The molecular weight excluding hydrogens is 150 g/mol. The van der Waals surface area contributed by atoms with Crippen molar-refractivity contribution in [3.05, 3.63) is 18.5 Å². The standard InChI is InChI=1S/C9H11N3/c1-2-7(1)12-6-11-8-5-10-4-3-9(8)12/h3-5,7,11H,1-2,6H2. The van der Waals surface area contributed by atoms with Gasteiger partial charge in [-0.2, -0.15) is 0 Å². The summed E-state index contributed by atoms with van der Waals surface area (Å²) >= 11 is 0. The molecule has 0 spiro atoms. The number of hydrogen-bond donors (Lipinski definition) is 1. The van der Waals surface area contributed by atoms with E-state index >= 15 is 0 Å². The zero-order valence-electron chi connectivity index (χ0n) is 6.83. The van der Waals surface area contributed by atoms with Gasteiger partial charge in [-0.15, -0.1) is 0 Å². The van der Waals surface area contributed by atoms with Gasteiger partial charge in [0.1, 0.15) is 0 Å². The predicted octanol–water partition coefficient (Wildman–Crippen LogP) is 1.43. The molecule has 1 aromatic rings. The number of aromatic nitrogens is 1. The lowest BCUT2D eigenvalue weighted by atomic mass is 10.3. The highest BCUT2D eigenvalue weighted by Crippen LogP contribution is 2.38. The van der Waals surface area contributed by atoms with Crippen LogP contribution >= 0.6 is 0 Å². The molecule has 0 radical (unpaired) electrons. The lowest BCUT2D eigenvalue weighted by Crippen LogP contribution is -2.24. The first kappa shape index (κ1) is 6.29. The van der Waals surface area contributed by atoms with Crippen molar-refractivity contribution >= 4 is 11.4 Å². The van der Waals surface area contributed by atoms with Gasteiger partial charge in [-0.3, -0.25) is 4.98 Å².